The molecule has 0 aromatic rings. The molecule has 3 heterocycles. The van der Waals surface area contributed by atoms with E-state index in [4.69, 9.17) is 28.4 Å². The van der Waals surface area contributed by atoms with Gasteiger partial charge >= 0.3 is 5.97 Å². The smallest absolute Gasteiger partial charge is 0.364 e. The molecule has 0 aliphatic carbocycles. The van der Waals surface area contributed by atoms with Gasteiger partial charge in [-0.2, -0.15) is 0 Å². The molecule has 0 spiro atoms. The fourth-order valence-corrected chi connectivity index (χ4v) is 10.2. The number of carbonyl (C=O) groups excluding carboxylic acids is 2. The highest BCUT2D eigenvalue weighted by Crippen LogP contribution is 2.38. The van der Waals surface area contributed by atoms with E-state index in [1.165, 1.54) is 77.0 Å². The Balaban J connectivity index is 1.70. The Morgan fingerprint density at radius 2 is 1.14 bits per heavy atom. The van der Waals surface area contributed by atoms with Gasteiger partial charge in [-0.1, -0.05) is 149 Å². The highest BCUT2D eigenvalue weighted by molar-refractivity contribution is 5.77. The third-order valence-corrected chi connectivity index (χ3v) is 14.8. The minimum Gasteiger partial charge on any atom is -0.477 e. The van der Waals surface area contributed by atoms with Crippen molar-refractivity contribution < 1.29 is 104 Å². The molecule has 0 saturated carbocycles. The normalized spacial score (nSPS) is 31.6. The van der Waals surface area contributed by atoms with Crippen molar-refractivity contribution in [3.8, 4) is 0 Å². The first-order chi connectivity index (χ1) is 36.4. The number of carboxylic acid groups (broad SMARTS) is 1. The van der Waals surface area contributed by atoms with Gasteiger partial charge in [-0.15, -0.1) is 0 Å². The molecule has 3 rings (SSSR count). The molecule has 3 aliphatic heterocycles. The third-order valence-electron chi connectivity index (χ3n) is 14.8. The number of unbranched alkanes of at least 4 members (excludes halogenated alkanes) is 20. The summed E-state index contributed by atoms with van der Waals surface area (Å²) in [5.41, 5.74) is 0. The van der Waals surface area contributed by atoms with Crippen molar-refractivity contribution in [3.05, 3.63) is 0 Å². The van der Waals surface area contributed by atoms with Crippen LogP contribution in [0.4, 0.5) is 0 Å². The van der Waals surface area contributed by atoms with Crippen LogP contribution >= 0.6 is 0 Å². The maximum atomic E-state index is 13.3. The van der Waals surface area contributed by atoms with Gasteiger partial charge in [-0.25, -0.2) is 4.79 Å². The minimum absolute atomic E-state index is 0.227. The van der Waals surface area contributed by atoms with Crippen LogP contribution in [0.5, 0.6) is 0 Å². The highest BCUT2D eigenvalue weighted by atomic mass is 16.8. The number of carboxylic acids is 1. The molecule has 76 heavy (non-hydrogen) atoms. The first-order valence-electron chi connectivity index (χ1n) is 28.4. The first-order valence-corrected chi connectivity index (χ1v) is 28.4. The summed E-state index contributed by atoms with van der Waals surface area (Å²) < 4.78 is 34.6. The molecule has 0 aromatic heterocycles. The molecule has 0 aromatic carbocycles. The second-order valence-corrected chi connectivity index (χ2v) is 21.2. The molecule has 3 aliphatic rings. The predicted octanol–water partition coefficient (Wildman–Crippen LogP) is 1.05. The van der Waals surface area contributed by atoms with Crippen LogP contribution in [0.15, 0.2) is 0 Å². The fourth-order valence-electron chi connectivity index (χ4n) is 10.2. The van der Waals surface area contributed by atoms with Gasteiger partial charge in [0, 0.05) is 19.8 Å². The van der Waals surface area contributed by atoms with Crippen molar-refractivity contribution in [2.24, 2.45) is 0 Å². The molecule has 18 atom stereocenters. The molecule has 18 unspecified atom stereocenters. The van der Waals surface area contributed by atoms with Crippen LogP contribution < -0.4 is 10.6 Å². The molecule has 3 saturated heterocycles. The van der Waals surface area contributed by atoms with E-state index in [0.717, 1.165) is 58.3 Å². The maximum absolute atomic E-state index is 13.3. The van der Waals surface area contributed by atoms with E-state index < -0.39 is 148 Å². The van der Waals surface area contributed by atoms with Crippen LogP contribution in [0, 0.1) is 0 Å². The largest absolute Gasteiger partial charge is 0.477 e. The van der Waals surface area contributed by atoms with Crippen LogP contribution in [0.25, 0.3) is 0 Å². The summed E-state index contributed by atoms with van der Waals surface area (Å²) in [7, 11) is 0. The molecule has 23 nitrogen and oxygen atoms in total. The van der Waals surface area contributed by atoms with Gasteiger partial charge in [0.15, 0.2) is 12.6 Å². The standard InChI is InChI=1S/C53H98N2O21/c1-4-6-8-10-12-14-16-17-19-21-23-25-27-40(63)55-34(35(60)26-24-22-20-18-15-13-11-9-7-5-2)32-71-50-45(67)44(66)47(39(31-58)73-50)74-51-46(68)49(43(65)38(30-57)72-51)76-53(52(69)70)28-36(61)41(54-33(3)59)48(75-53)42(64)37(62)29-56/h34-39,41-51,56-58,60-62,64-68H,4-32H2,1-3H3,(H,54,59)(H,55,63)(H,69,70). The van der Waals surface area contributed by atoms with Crippen molar-refractivity contribution >= 4 is 17.8 Å². The van der Waals surface area contributed by atoms with E-state index in [-0.39, 0.29) is 18.9 Å². The molecule has 14 N–H and O–H groups in total. The molecule has 2 amide bonds. The predicted molar refractivity (Wildman–Crippen MR) is 274 cm³/mol. The summed E-state index contributed by atoms with van der Waals surface area (Å²) in [4.78, 5) is 38.2. The van der Waals surface area contributed by atoms with E-state index in [0.29, 0.717) is 19.3 Å². The number of amides is 2. The van der Waals surface area contributed by atoms with Gasteiger partial charge in [0.2, 0.25) is 11.8 Å². The average Bonchev–Trinajstić information content (AvgIpc) is 3.39. The van der Waals surface area contributed by atoms with Gasteiger partial charge in [-0.3, -0.25) is 9.59 Å². The molecule has 3 fully saturated rings. The van der Waals surface area contributed by atoms with E-state index in [9.17, 15) is 75.7 Å². The third kappa shape index (κ3) is 22.0. The molecule has 23 heteroatoms. The molecular formula is C53H98N2O21. The van der Waals surface area contributed by atoms with Crippen LogP contribution in [0.1, 0.15) is 181 Å². The van der Waals surface area contributed by atoms with Crippen molar-refractivity contribution in [2.75, 3.05) is 26.4 Å². The summed E-state index contributed by atoms with van der Waals surface area (Å²) in [6.45, 7) is 2.12. The number of hydrogen-bond acceptors (Lipinski definition) is 20. The van der Waals surface area contributed by atoms with Gasteiger partial charge in [0.05, 0.1) is 50.7 Å². The Kier molecular flexibility index (Phi) is 33.0. The number of aliphatic hydroxyl groups is 11. The van der Waals surface area contributed by atoms with Crippen molar-refractivity contribution in [1.82, 2.24) is 10.6 Å². The number of carbonyl (C=O) groups is 3. The minimum atomic E-state index is -3.07. The second kappa shape index (κ2) is 36.9. The number of rotatable bonds is 40. The summed E-state index contributed by atoms with van der Waals surface area (Å²) in [5, 5.41) is 135. The van der Waals surface area contributed by atoms with Crippen molar-refractivity contribution in [1.29, 1.82) is 0 Å². The Hall–Kier alpha value is -2.27. The highest BCUT2D eigenvalue weighted by Gasteiger charge is 2.60. The molecule has 0 bridgehead atoms. The number of hydrogen-bond donors (Lipinski definition) is 14. The van der Waals surface area contributed by atoms with Crippen LogP contribution in [0.2, 0.25) is 0 Å². The molecular weight excluding hydrogens is 1000 g/mol. The number of aliphatic carboxylic acids is 1. The number of aliphatic hydroxyl groups excluding tert-OH is 11. The Morgan fingerprint density at radius 1 is 0.632 bits per heavy atom. The Labute approximate surface area is 448 Å². The maximum Gasteiger partial charge on any atom is 0.364 e. The van der Waals surface area contributed by atoms with Crippen LogP contribution in [-0.2, 0) is 42.8 Å². The summed E-state index contributed by atoms with van der Waals surface area (Å²) >= 11 is 0. The number of nitrogens with one attached hydrogen (secondary N) is 2. The monoisotopic (exact) mass is 1100 g/mol. The Morgan fingerprint density at radius 3 is 1.64 bits per heavy atom. The van der Waals surface area contributed by atoms with E-state index >= 15 is 0 Å². The van der Waals surface area contributed by atoms with Gasteiger partial charge in [0.25, 0.3) is 5.79 Å². The van der Waals surface area contributed by atoms with E-state index in [1.54, 1.807) is 0 Å². The summed E-state index contributed by atoms with van der Waals surface area (Å²) in [5.74, 6) is -6.10. The van der Waals surface area contributed by atoms with Crippen LogP contribution in [0.3, 0.4) is 0 Å². The average molecular weight is 1100 g/mol. The van der Waals surface area contributed by atoms with Crippen molar-refractivity contribution in [3.63, 3.8) is 0 Å². The molecule has 0 radical (unpaired) electrons. The lowest BCUT2D eigenvalue weighted by atomic mass is 9.88. The lowest BCUT2D eigenvalue weighted by Crippen LogP contribution is -2.70. The Bertz CT molecular complexity index is 1590. The fraction of sp³-hybridized carbons (Fsp3) is 0.943. The second-order valence-electron chi connectivity index (χ2n) is 21.2. The van der Waals surface area contributed by atoms with Crippen LogP contribution in [-0.4, -0.2) is 215 Å². The SMILES string of the molecule is CCCCCCCCCCCCCCC(=O)NC(COC1OC(CO)C(OC2OC(CO)C(O)C(OC3(C(=O)O)CC(O)C(NC(C)=O)C(C(O)C(O)CO)O3)C2O)C(O)C1O)C(O)CCCCCCCCCCCC. The number of ether oxygens (including phenoxy) is 6. The summed E-state index contributed by atoms with van der Waals surface area (Å²) in [6.07, 6.45) is -4.08. The summed E-state index contributed by atoms with van der Waals surface area (Å²) in [6, 6.07) is -2.52. The van der Waals surface area contributed by atoms with Crippen molar-refractivity contribution in [2.45, 2.75) is 291 Å². The zero-order valence-electron chi connectivity index (χ0n) is 45.4. The first kappa shape index (κ1) is 68.0. The lowest BCUT2D eigenvalue weighted by molar-refractivity contribution is -0.386. The van der Waals surface area contributed by atoms with E-state index in [1.807, 2.05) is 0 Å². The zero-order valence-corrected chi connectivity index (χ0v) is 45.4. The van der Waals surface area contributed by atoms with Gasteiger partial charge in [0.1, 0.15) is 67.1 Å². The van der Waals surface area contributed by atoms with Gasteiger partial charge in [-0.05, 0) is 12.8 Å². The van der Waals surface area contributed by atoms with Gasteiger partial charge < -0.3 is 100 Å². The topological polar surface area (TPSA) is 373 Å². The lowest BCUT2D eigenvalue weighted by Gasteiger charge is -2.50. The molecule has 446 valence electrons. The quantitative estimate of drug-likeness (QED) is 0.0381. The van der Waals surface area contributed by atoms with E-state index in [2.05, 4.69) is 24.5 Å². The zero-order chi connectivity index (χ0) is 56.2.